The van der Waals surface area contributed by atoms with Crippen LogP contribution in [0.3, 0.4) is 0 Å². The summed E-state index contributed by atoms with van der Waals surface area (Å²) in [5, 5.41) is 0. The van der Waals surface area contributed by atoms with Gasteiger partial charge in [-0.25, -0.2) is 4.79 Å². The summed E-state index contributed by atoms with van der Waals surface area (Å²) in [4.78, 5) is 26.7. The van der Waals surface area contributed by atoms with Gasteiger partial charge in [-0.15, -0.1) is 0 Å². The minimum Gasteiger partial charge on any atom is -0.459 e. The molecular weight excluding hydrogens is 292 g/mol. The van der Waals surface area contributed by atoms with Crippen molar-refractivity contribution in [3.63, 3.8) is 0 Å². The summed E-state index contributed by atoms with van der Waals surface area (Å²) in [6.07, 6.45) is 3.86. The van der Waals surface area contributed by atoms with Crippen LogP contribution in [-0.2, 0) is 20.9 Å². The number of rotatable bonds is 4. The largest absolute Gasteiger partial charge is 0.459 e. The summed E-state index contributed by atoms with van der Waals surface area (Å²) in [5.74, 6) is -0.0368. The molecule has 1 aliphatic heterocycles. The number of carbonyl (C=O) groups excluding carboxylic acids is 2. The Hall–Kier alpha value is -1.88. The molecule has 3 rings (SSSR count). The van der Waals surface area contributed by atoms with Gasteiger partial charge in [0.15, 0.2) is 0 Å². The highest BCUT2D eigenvalue weighted by Gasteiger charge is 2.49. The number of carbonyl (C=O) groups is 2. The van der Waals surface area contributed by atoms with E-state index in [2.05, 4.69) is 0 Å². The molecular formula is C18H24N2O3. The lowest BCUT2D eigenvalue weighted by Gasteiger charge is -2.30. The molecule has 5 heteroatoms. The number of hydrogen-bond acceptors (Lipinski definition) is 4. The Morgan fingerprint density at radius 3 is 2.74 bits per heavy atom. The van der Waals surface area contributed by atoms with Crippen LogP contribution < -0.4 is 5.73 Å². The molecule has 5 nitrogen and oxygen atoms in total. The van der Waals surface area contributed by atoms with Crippen LogP contribution in [0.4, 0.5) is 0 Å². The second-order valence-electron chi connectivity index (χ2n) is 6.64. The molecule has 1 saturated carbocycles. The SMILES string of the molecule is CC(N)C(=O)N1[C@@H]2CCC[C@@H]2C[C@H]1C(=O)OCc1ccccc1. The van der Waals surface area contributed by atoms with E-state index in [0.29, 0.717) is 12.3 Å². The Morgan fingerprint density at radius 1 is 1.30 bits per heavy atom. The molecule has 124 valence electrons. The fraction of sp³-hybridized carbons (Fsp3) is 0.556. The third-order valence-corrected chi connectivity index (χ3v) is 4.98. The zero-order chi connectivity index (χ0) is 16.4. The van der Waals surface area contributed by atoms with Crippen molar-refractivity contribution in [2.24, 2.45) is 11.7 Å². The Balaban J connectivity index is 1.69. The summed E-state index contributed by atoms with van der Waals surface area (Å²) in [6.45, 7) is 1.92. The molecule has 2 N–H and O–H groups in total. The smallest absolute Gasteiger partial charge is 0.329 e. The first-order valence-electron chi connectivity index (χ1n) is 8.36. The maximum atomic E-state index is 12.5. The lowest BCUT2D eigenvalue weighted by Crippen LogP contribution is -2.51. The fourth-order valence-electron chi connectivity index (χ4n) is 3.88. The fourth-order valence-corrected chi connectivity index (χ4v) is 3.88. The van der Waals surface area contributed by atoms with Gasteiger partial charge in [0.2, 0.25) is 5.91 Å². The van der Waals surface area contributed by atoms with Crippen LogP contribution in [0.2, 0.25) is 0 Å². The third kappa shape index (κ3) is 3.24. The van der Waals surface area contributed by atoms with E-state index in [1.807, 2.05) is 30.3 Å². The van der Waals surface area contributed by atoms with E-state index in [9.17, 15) is 9.59 Å². The first-order chi connectivity index (χ1) is 11.1. The van der Waals surface area contributed by atoms with Gasteiger partial charge < -0.3 is 15.4 Å². The highest BCUT2D eigenvalue weighted by Crippen LogP contribution is 2.41. The van der Waals surface area contributed by atoms with Crippen LogP contribution in [0, 0.1) is 5.92 Å². The molecule has 4 atom stereocenters. The zero-order valence-electron chi connectivity index (χ0n) is 13.5. The molecule has 1 saturated heterocycles. The van der Waals surface area contributed by atoms with Crippen LogP contribution in [-0.4, -0.2) is 34.9 Å². The predicted octanol–water partition coefficient (Wildman–Crippen LogP) is 1.85. The molecule has 2 fully saturated rings. The number of nitrogens with two attached hydrogens (primary N) is 1. The van der Waals surface area contributed by atoms with E-state index in [1.54, 1.807) is 11.8 Å². The second-order valence-corrected chi connectivity index (χ2v) is 6.64. The molecule has 0 radical (unpaired) electrons. The maximum absolute atomic E-state index is 12.5. The molecule has 0 spiro atoms. The Bertz CT molecular complexity index is 573. The van der Waals surface area contributed by atoms with Crippen molar-refractivity contribution in [2.45, 2.75) is 57.3 Å². The second kappa shape index (κ2) is 6.71. The minimum absolute atomic E-state index is 0.138. The summed E-state index contributed by atoms with van der Waals surface area (Å²) >= 11 is 0. The maximum Gasteiger partial charge on any atom is 0.329 e. The number of amides is 1. The van der Waals surface area contributed by atoms with Crippen LogP contribution in [0.1, 0.15) is 38.2 Å². The molecule has 0 aromatic heterocycles. The predicted molar refractivity (Wildman–Crippen MR) is 86.3 cm³/mol. The Morgan fingerprint density at radius 2 is 2.04 bits per heavy atom. The standard InChI is InChI=1S/C18H24N2O3/c1-12(19)17(21)20-15-9-5-8-14(15)10-16(20)18(22)23-11-13-6-3-2-4-7-13/h2-4,6-7,12,14-16H,5,8-11,19H2,1H3/t12?,14-,15-,16+/m1/s1. The molecule has 1 unspecified atom stereocenters. The average Bonchev–Trinajstić information content (AvgIpc) is 3.13. The van der Waals surface area contributed by atoms with Crippen molar-refractivity contribution in [1.82, 2.24) is 4.90 Å². The molecule has 23 heavy (non-hydrogen) atoms. The van der Waals surface area contributed by atoms with E-state index in [4.69, 9.17) is 10.5 Å². The van der Waals surface area contributed by atoms with Crippen molar-refractivity contribution < 1.29 is 14.3 Å². The molecule has 1 amide bonds. The first kappa shape index (κ1) is 16.0. The van der Waals surface area contributed by atoms with Crippen molar-refractivity contribution in [3.8, 4) is 0 Å². The van der Waals surface area contributed by atoms with Gasteiger partial charge in [0.1, 0.15) is 12.6 Å². The van der Waals surface area contributed by atoms with E-state index >= 15 is 0 Å². The monoisotopic (exact) mass is 316 g/mol. The summed E-state index contributed by atoms with van der Waals surface area (Å²) in [5.41, 5.74) is 6.73. The van der Waals surface area contributed by atoms with Crippen LogP contribution >= 0.6 is 0 Å². The Kier molecular flexibility index (Phi) is 4.66. The topological polar surface area (TPSA) is 72.6 Å². The third-order valence-electron chi connectivity index (χ3n) is 4.98. The number of benzene rings is 1. The molecule has 1 aliphatic carbocycles. The number of hydrogen-bond donors (Lipinski definition) is 1. The van der Waals surface area contributed by atoms with Crippen molar-refractivity contribution in [3.05, 3.63) is 35.9 Å². The van der Waals surface area contributed by atoms with Gasteiger partial charge in [0, 0.05) is 6.04 Å². The molecule has 2 aliphatic rings. The van der Waals surface area contributed by atoms with Gasteiger partial charge in [-0.2, -0.15) is 0 Å². The number of fused-ring (bicyclic) bond motifs is 1. The first-order valence-corrected chi connectivity index (χ1v) is 8.36. The highest BCUT2D eigenvalue weighted by molar-refractivity contribution is 5.88. The number of likely N-dealkylation sites (tertiary alicyclic amines) is 1. The number of nitrogens with zero attached hydrogens (tertiary/aromatic N) is 1. The lowest BCUT2D eigenvalue weighted by molar-refractivity contribution is -0.156. The number of ether oxygens (including phenoxy) is 1. The summed E-state index contributed by atoms with van der Waals surface area (Å²) in [6, 6.07) is 8.67. The van der Waals surface area contributed by atoms with E-state index in [0.717, 1.165) is 24.8 Å². The van der Waals surface area contributed by atoms with Crippen LogP contribution in [0.15, 0.2) is 30.3 Å². The highest BCUT2D eigenvalue weighted by atomic mass is 16.5. The van der Waals surface area contributed by atoms with Gasteiger partial charge in [-0.1, -0.05) is 36.8 Å². The Labute approximate surface area is 136 Å². The quantitative estimate of drug-likeness (QED) is 0.860. The van der Waals surface area contributed by atoms with E-state index in [-0.39, 0.29) is 24.5 Å². The molecule has 0 bridgehead atoms. The molecule has 1 aromatic rings. The van der Waals surface area contributed by atoms with Gasteiger partial charge >= 0.3 is 5.97 Å². The van der Waals surface area contributed by atoms with E-state index < -0.39 is 12.1 Å². The lowest BCUT2D eigenvalue weighted by atomic mass is 10.0. The zero-order valence-corrected chi connectivity index (χ0v) is 13.5. The summed E-state index contributed by atoms with van der Waals surface area (Å²) < 4.78 is 5.46. The van der Waals surface area contributed by atoms with Crippen LogP contribution in [0.5, 0.6) is 0 Å². The van der Waals surface area contributed by atoms with Gasteiger partial charge in [-0.05, 0) is 37.7 Å². The molecule has 1 heterocycles. The normalized spacial score (nSPS) is 27.6. The van der Waals surface area contributed by atoms with Gasteiger partial charge in [0.25, 0.3) is 0 Å². The van der Waals surface area contributed by atoms with E-state index in [1.165, 1.54) is 0 Å². The van der Waals surface area contributed by atoms with Crippen molar-refractivity contribution in [1.29, 1.82) is 0 Å². The van der Waals surface area contributed by atoms with Crippen molar-refractivity contribution >= 4 is 11.9 Å². The van der Waals surface area contributed by atoms with Gasteiger partial charge in [-0.3, -0.25) is 4.79 Å². The number of esters is 1. The van der Waals surface area contributed by atoms with Crippen molar-refractivity contribution in [2.75, 3.05) is 0 Å². The van der Waals surface area contributed by atoms with Crippen LogP contribution in [0.25, 0.3) is 0 Å². The average molecular weight is 316 g/mol. The molecule has 1 aromatic carbocycles. The minimum atomic E-state index is -0.584. The van der Waals surface area contributed by atoms with Gasteiger partial charge in [0.05, 0.1) is 6.04 Å². The summed E-state index contributed by atoms with van der Waals surface area (Å²) in [7, 11) is 0.